The SMILES string of the molecule is CCc1cc(-c2ccc(C)cc2)c(C#N)c(N)c1C#N.CCc1cc(-c2ccc(C)cc2)c(C#N)c(N)c1C#N. The summed E-state index contributed by atoms with van der Waals surface area (Å²) in [6.07, 6.45) is 1.41. The maximum absolute atomic E-state index is 9.36. The molecule has 0 fully saturated rings. The summed E-state index contributed by atoms with van der Waals surface area (Å²) in [6, 6.07) is 28.1. The molecule has 6 nitrogen and oxygen atoms in total. The number of aryl methyl sites for hydroxylation is 4. The molecule has 0 aliphatic carbocycles. The number of anilines is 2. The summed E-state index contributed by atoms with van der Waals surface area (Å²) in [6.45, 7) is 7.97. The lowest BCUT2D eigenvalue weighted by atomic mass is 9.91. The van der Waals surface area contributed by atoms with Crippen LogP contribution in [-0.2, 0) is 12.8 Å². The second-order valence-corrected chi connectivity index (χ2v) is 9.38. The van der Waals surface area contributed by atoms with Gasteiger partial charge >= 0.3 is 0 Å². The number of nitriles is 4. The van der Waals surface area contributed by atoms with Crippen molar-refractivity contribution in [2.75, 3.05) is 11.5 Å². The van der Waals surface area contributed by atoms with Crippen molar-refractivity contribution in [2.24, 2.45) is 0 Å². The predicted octanol–water partition coefficient (Wildman–Crippen LogP) is 7.10. The lowest BCUT2D eigenvalue weighted by molar-refractivity contribution is 1.13. The van der Waals surface area contributed by atoms with Crippen LogP contribution in [0.15, 0.2) is 60.7 Å². The second-order valence-electron chi connectivity index (χ2n) is 9.38. The van der Waals surface area contributed by atoms with Crippen molar-refractivity contribution in [1.29, 1.82) is 21.0 Å². The van der Waals surface area contributed by atoms with E-state index in [1.807, 2.05) is 88.4 Å². The highest BCUT2D eigenvalue weighted by Gasteiger charge is 2.17. The van der Waals surface area contributed by atoms with E-state index in [2.05, 4.69) is 24.3 Å². The van der Waals surface area contributed by atoms with Crippen LogP contribution in [0.5, 0.6) is 0 Å². The van der Waals surface area contributed by atoms with Crippen LogP contribution in [0, 0.1) is 59.2 Å². The molecule has 4 rings (SSSR count). The van der Waals surface area contributed by atoms with Gasteiger partial charge in [-0.25, -0.2) is 0 Å². The topological polar surface area (TPSA) is 147 Å². The number of hydrogen-bond acceptors (Lipinski definition) is 6. The minimum absolute atomic E-state index is 0.282. The number of nitrogens with zero attached hydrogens (tertiary/aromatic N) is 4. The molecule has 4 N–H and O–H groups in total. The van der Waals surface area contributed by atoms with Crippen LogP contribution >= 0.6 is 0 Å². The zero-order chi connectivity index (χ0) is 29.4. The molecule has 0 radical (unpaired) electrons. The van der Waals surface area contributed by atoms with Crippen molar-refractivity contribution in [3.05, 3.63) is 105 Å². The Morgan fingerprint density at radius 2 is 0.825 bits per heavy atom. The first-order valence-electron chi connectivity index (χ1n) is 12.9. The summed E-state index contributed by atoms with van der Waals surface area (Å²) in [5, 5.41) is 37.1. The Labute approximate surface area is 236 Å². The van der Waals surface area contributed by atoms with Crippen molar-refractivity contribution < 1.29 is 0 Å². The zero-order valence-electron chi connectivity index (χ0n) is 23.1. The second kappa shape index (κ2) is 12.8. The summed E-state index contributed by atoms with van der Waals surface area (Å²) in [4.78, 5) is 0. The lowest BCUT2D eigenvalue weighted by Crippen LogP contribution is -2.02. The van der Waals surface area contributed by atoms with Crippen molar-refractivity contribution in [3.8, 4) is 46.5 Å². The first-order valence-corrected chi connectivity index (χ1v) is 12.9. The molecule has 0 saturated carbocycles. The van der Waals surface area contributed by atoms with Gasteiger partial charge in [0.05, 0.1) is 33.6 Å². The molecular formula is C34H30N6. The van der Waals surface area contributed by atoms with E-state index in [1.54, 1.807) is 0 Å². The highest BCUT2D eigenvalue weighted by molar-refractivity contribution is 5.83. The van der Waals surface area contributed by atoms with Gasteiger partial charge in [0.25, 0.3) is 0 Å². The molecule has 4 aromatic rings. The fourth-order valence-corrected chi connectivity index (χ4v) is 4.51. The van der Waals surface area contributed by atoms with Gasteiger partial charge in [-0.1, -0.05) is 73.5 Å². The Balaban J connectivity index is 0.000000220. The van der Waals surface area contributed by atoms with Crippen LogP contribution in [0.3, 0.4) is 0 Å². The van der Waals surface area contributed by atoms with E-state index in [0.717, 1.165) is 44.5 Å². The summed E-state index contributed by atoms with van der Waals surface area (Å²) >= 11 is 0. The molecule has 0 saturated heterocycles. The normalized spacial score (nSPS) is 9.80. The van der Waals surface area contributed by atoms with Gasteiger partial charge in [-0.05, 0) is 61.1 Å². The van der Waals surface area contributed by atoms with Gasteiger partial charge in [0.2, 0.25) is 0 Å². The molecule has 0 aromatic heterocycles. The maximum Gasteiger partial charge on any atom is 0.102 e. The Morgan fingerprint density at radius 3 is 1.07 bits per heavy atom. The molecule has 0 bridgehead atoms. The first-order chi connectivity index (χ1) is 19.2. The van der Waals surface area contributed by atoms with Crippen LogP contribution < -0.4 is 11.5 Å². The minimum atomic E-state index is 0.282. The quantitative estimate of drug-likeness (QED) is 0.273. The van der Waals surface area contributed by atoms with Crippen LogP contribution in [0.25, 0.3) is 22.3 Å². The molecule has 6 heteroatoms. The van der Waals surface area contributed by atoms with E-state index in [9.17, 15) is 21.0 Å². The number of nitrogens with two attached hydrogens (primary N) is 2. The lowest BCUT2D eigenvalue weighted by Gasteiger charge is -2.12. The number of benzene rings is 4. The fraction of sp³-hybridized carbons (Fsp3) is 0.176. The third-order valence-electron chi connectivity index (χ3n) is 6.83. The van der Waals surface area contributed by atoms with E-state index >= 15 is 0 Å². The largest absolute Gasteiger partial charge is 0.397 e. The molecule has 0 spiro atoms. The fourth-order valence-electron chi connectivity index (χ4n) is 4.51. The average Bonchev–Trinajstić information content (AvgIpc) is 2.97. The average molecular weight is 523 g/mol. The summed E-state index contributed by atoms with van der Waals surface area (Å²) in [7, 11) is 0. The van der Waals surface area contributed by atoms with E-state index in [1.165, 1.54) is 0 Å². The van der Waals surface area contributed by atoms with Crippen molar-refractivity contribution in [2.45, 2.75) is 40.5 Å². The van der Waals surface area contributed by atoms with E-state index in [0.29, 0.717) is 35.1 Å². The van der Waals surface area contributed by atoms with Gasteiger partial charge in [0.15, 0.2) is 0 Å². The smallest absolute Gasteiger partial charge is 0.102 e. The summed E-state index contributed by atoms with van der Waals surface area (Å²) in [5.74, 6) is 0. The molecule has 0 unspecified atom stereocenters. The van der Waals surface area contributed by atoms with E-state index < -0.39 is 0 Å². The molecular weight excluding hydrogens is 492 g/mol. The van der Waals surface area contributed by atoms with Crippen LogP contribution in [0.2, 0.25) is 0 Å². The van der Waals surface area contributed by atoms with Gasteiger partial charge in [0, 0.05) is 11.1 Å². The van der Waals surface area contributed by atoms with Crippen LogP contribution in [-0.4, -0.2) is 0 Å². The Kier molecular flexibility index (Phi) is 9.28. The van der Waals surface area contributed by atoms with Crippen LogP contribution in [0.1, 0.15) is 58.4 Å². The van der Waals surface area contributed by atoms with Crippen molar-refractivity contribution in [3.63, 3.8) is 0 Å². The summed E-state index contributed by atoms with van der Waals surface area (Å²) < 4.78 is 0. The van der Waals surface area contributed by atoms with E-state index in [-0.39, 0.29) is 11.4 Å². The molecule has 0 aliphatic rings. The van der Waals surface area contributed by atoms with Crippen molar-refractivity contribution >= 4 is 11.4 Å². The Bertz CT molecular complexity index is 1590. The van der Waals surface area contributed by atoms with Gasteiger partial charge in [-0.3, -0.25) is 0 Å². The number of nitrogen functional groups attached to an aromatic ring is 2. The molecule has 0 atom stereocenters. The van der Waals surface area contributed by atoms with Gasteiger partial charge in [-0.15, -0.1) is 0 Å². The highest BCUT2D eigenvalue weighted by Crippen LogP contribution is 2.34. The van der Waals surface area contributed by atoms with E-state index in [4.69, 9.17) is 11.5 Å². The summed E-state index contributed by atoms with van der Waals surface area (Å²) in [5.41, 5.74) is 21.7. The van der Waals surface area contributed by atoms with Gasteiger partial charge in [0.1, 0.15) is 24.3 Å². The molecule has 4 aromatic carbocycles. The molecule has 0 amide bonds. The zero-order valence-corrected chi connectivity index (χ0v) is 23.1. The molecule has 40 heavy (non-hydrogen) atoms. The van der Waals surface area contributed by atoms with Gasteiger partial charge < -0.3 is 11.5 Å². The molecule has 0 aliphatic heterocycles. The Morgan fingerprint density at radius 1 is 0.525 bits per heavy atom. The first kappa shape index (κ1) is 29.0. The molecule has 196 valence electrons. The highest BCUT2D eigenvalue weighted by atomic mass is 14.6. The van der Waals surface area contributed by atoms with Crippen LogP contribution in [0.4, 0.5) is 11.4 Å². The van der Waals surface area contributed by atoms with Gasteiger partial charge in [-0.2, -0.15) is 21.0 Å². The van der Waals surface area contributed by atoms with Crippen molar-refractivity contribution in [1.82, 2.24) is 0 Å². The predicted molar refractivity (Wildman–Crippen MR) is 160 cm³/mol. The third-order valence-corrected chi connectivity index (χ3v) is 6.83. The molecule has 0 heterocycles. The maximum atomic E-state index is 9.36. The third kappa shape index (κ3) is 5.79. The standard InChI is InChI=1S/2C17H15N3/c2*1-3-12-8-14(13-6-4-11(2)5-7-13)16(10-19)17(20)15(12)9-18/h2*4-8H,3,20H2,1-2H3. The number of hydrogen-bond donors (Lipinski definition) is 2. The Hall–Kier alpha value is -5.56. The number of rotatable bonds is 4. The monoisotopic (exact) mass is 522 g/mol. The minimum Gasteiger partial charge on any atom is -0.397 e.